The van der Waals surface area contributed by atoms with Crippen LogP contribution in [-0.2, 0) is 4.79 Å². The largest absolute Gasteiger partial charge is 0.325 e. The fourth-order valence-corrected chi connectivity index (χ4v) is 1.10. The van der Waals surface area contributed by atoms with Crippen LogP contribution >= 0.6 is 0 Å². The van der Waals surface area contributed by atoms with Gasteiger partial charge in [0.25, 0.3) is 5.56 Å². The smallest absolute Gasteiger partial charge is 0.275 e. The van der Waals surface area contributed by atoms with E-state index in [-0.39, 0.29) is 11.3 Å². The molecule has 5 heteroatoms. The summed E-state index contributed by atoms with van der Waals surface area (Å²) in [6, 6.07) is 0. The lowest BCUT2D eigenvalue weighted by Gasteiger charge is -2.09. The summed E-state index contributed by atoms with van der Waals surface area (Å²) < 4.78 is 1.24. The van der Waals surface area contributed by atoms with E-state index in [1.165, 1.54) is 24.1 Å². The molecule has 0 spiro atoms. The molecule has 0 bridgehead atoms. The van der Waals surface area contributed by atoms with Crippen LogP contribution in [0.15, 0.2) is 17.3 Å². The second-order valence-corrected chi connectivity index (χ2v) is 3.08. The molecule has 1 atom stereocenters. The molecule has 5 nitrogen and oxygen atoms in total. The van der Waals surface area contributed by atoms with Crippen molar-refractivity contribution in [1.82, 2.24) is 9.66 Å². The van der Waals surface area contributed by atoms with Gasteiger partial charge in [-0.15, -0.1) is 0 Å². The number of Topliss-reactive ketones (excluding diaryl/α,β-unsaturated/α-hetero) is 1. The number of hydrogen-bond donors (Lipinski definition) is 1. The molecule has 0 aliphatic carbocycles. The van der Waals surface area contributed by atoms with Gasteiger partial charge in [-0.05, 0) is 6.92 Å². The summed E-state index contributed by atoms with van der Waals surface area (Å²) in [6.45, 7) is 3.15. The number of aromatic nitrogens is 2. The summed E-state index contributed by atoms with van der Waals surface area (Å²) in [5, 5.41) is 0. The van der Waals surface area contributed by atoms with Gasteiger partial charge in [0.2, 0.25) is 0 Å². The van der Waals surface area contributed by atoms with Gasteiger partial charge in [-0.2, -0.15) is 0 Å². The molecule has 0 aromatic carbocycles. The van der Waals surface area contributed by atoms with E-state index in [2.05, 4.69) is 10.4 Å². The number of carbonyl (C=O) groups is 1. The van der Waals surface area contributed by atoms with Crippen molar-refractivity contribution in [3.8, 4) is 0 Å². The van der Waals surface area contributed by atoms with Crippen LogP contribution in [0.2, 0.25) is 0 Å². The summed E-state index contributed by atoms with van der Waals surface area (Å²) in [5.41, 5.74) is 2.84. The number of nitrogens with one attached hydrogen (secondary N) is 1. The van der Waals surface area contributed by atoms with Crippen molar-refractivity contribution in [2.75, 3.05) is 12.5 Å². The van der Waals surface area contributed by atoms with Gasteiger partial charge in [0.15, 0.2) is 0 Å². The monoisotopic (exact) mass is 195 g/mol. The van der Waals surface area contributed by atoms with Crippen LogP contribution in [0.4, 0.5) is 0 Å². The summed E-state index contributed by atoms with van der Waals surface area (Å²) in [5.74, 6) is -0.450. The predicted molar refractivity (Wildman–Crippen MR) is 52.9 cm³/mol. The first-order valence-electron chi connectivity index (χ1n) is 4.32. The highest BCUT2D eigenvalue weighted by Crippen LogP contribution is 2.09. The van der Waals surface area contributed by atoms with Gasteiger partial charge >= 0.3 is 0 Å². The molecule has 0 aliphatic rings. The number of ketones is 1. The molecule has 0 radical (unpaired) electrons. The molecule has 0 amide bonds. The Labute approximate surface area is 81.7 Å². The Morgan fingerprint density at radius 2 is 2.29 bits per heavy atom. The number of nitrogens with zero attached hydrogens (tertiary/aromatic N) is 2. The van der Waals surface area contributed by atoms with Crippen molar-refractivity contribution >= 4 is 5.78 Å². The van der Waals surface area contributed by atoms with E-state index in [0.717, 1.165) is 0 Å². The lowest BCUT2D eigenvalue weighted by molar-refractivity contribution is -0.118. The molecule has 14 heavy (non-hydrogen) atoms. The van der Waals surface area contributed by atoms with Crippen molar-refractivity contribution < 1.29 is 4.79 Å². The summed E-state index contributed by atoms with van der Waals surface area (Å²) in [6.07, 6.45) is 2.81. The van der Waals surface area contributed by atoms with Crippen LogP contribution in [0.5, 0.6) is 0 Å². The standard InChI is InChI=1S/C9H13N3O2/c1-6(7(2)13)8-4-11-5-12(10-3)9(8)14/h4-6,10H,1-3H3. The maximum atomic E-state index is 11.7. The number of hydrogen-bond acceptors (Lipinski definition) is 4. The lowest BCUT2D eigenvalue weighted by Crippen LogP contribution is -2.31. The molecule has 0 aliphatic heterocycles. The van der Waals surface area contributed by atoms with Crippen LogP contribution in [0, 0.1) is 0 Å². The minimum atomic E-state index is -0.407. The molecule has 0 fully saturated rings. The van der Waals surface area contributed by atoms with E-state index in [0.29, 0.717) is 5.56 Å². The molecule has 1 N–H and O–H groups in total. The Bertz CT molecular complexity index is 397. The third-order valence-corrected chi connectivity index (χ3v) is 2.18. The Balaban J connectivity index is 3.23. The van der Waals surface area contributed by atoms with E-state index < -0.39 is 5.92 Å². The summed E-state index contributed by atoms with van der Waals surface area (Å²) in [7, 11) is 1.62. The van der Waals surface area contributed by atoms with Gasteiger partial charge in [0.05, 0.1) is 0 Å². The van der Waals surface area contributed by atoms with Crippen LogP contribution < -0.4 is 11.0 Å². The van der Waals surface area contributed by atoms with E-state index >= 15 is 0 Å². The van der Waals surface area contributed by atoms with Gasteiger partial charge in [0, 0.05) is 24.7 Å². The van der Waals surface area contributed by atoms with E-state index in [9.17, 15) is 9.59 Å². The Morgan fingerprint density at radius 1 is 1.64 bits per heavy atom. The molecule has 0 saturated heterocycles. The van der Waals surface area contributed by atoms with Gasteiger partial charge in [-0.1, -0.05) is 6.92 Å². The zero-order chi connectivity index (χ0) is 10.7. The fourth-order valence-electron chi connectivity index (χ4n) is 1.10. The van der Waals surface area contributed by atoms with Crippen LogP contribution in [0.3, 0.4) is 0 Å². The Morgan fingerprint density at radius 3 is 2.79 bits per heavy atom. The third kappa shape index (κ3) is 1.81. The average Bonchev–Trinajstić information content (AvgIpc) is 2.17. The van der Waals surface area contributed by atoms with Crippen molar-refractivity contribution in [3.63, 3.8) is 0 Å². The third-order valence-electron chi connectivity index (χ3n) is 2.18. The van der Waals surface area contributed by atoms with Gasteiger partial charge in [-0.25, -0.2) is 9.66 Å². The van der Waals surface area contributed by atoms with Crippen LogP contribution in [0.1, 0.15) is 25.3 Å². The van der Waals surface area contributed by atoms with Crippen molar-refractivity contribution in [3.05, 3.63) is 28.4 Å². The molecule has 0 saturated carbocycles. The second kappa shape index (κ2) is 4.04. The first-order valence-corrected chi connectivity index (χ1v) is 4.32. The van der Waals surface area contributed by atoms with Crippen molar-refractivity contribution in [2.24, 2.45) is 0 Å². The molecule has 1 aromatic heterocycles. The van der Waals surface area contributed by atoms with Crippen molar-refractivity contribution in [1.29, 1.82) is 0 Å². The van der Waals surface area contributed by atoms with Crippen LogP contribution in [-0.4, -0.2) is 22.5 Å². The van der Waals surface area contributed by atoms with Gasteiger partial charge < -0.3 is 5.43 Å². The van der Waals surface area contributed by atoms with Gasteiger partial charge in [0.1, 0.15) is 12.1 Å². The minimum absolute atomic E-state index is 0.0437. The first-order chi connectivity index (χ1) is 6.57. The van der Waals surface area contributed by atoms with E-state index in [1.807, 2.05) is 0 Å². The molecule has 76 valence electrons. The Hall–Kier alpha value is -1.65. The molecule has 1 rings (SSSR count). The molecule has 1 unspecified atom stereocenters. The molecule has 1 heterocycles. The zero-order valence-corrected chi connectivity index (χ0v) is 8.44. The highest BCUT2D eigenvalue weighted by Gasteiger charge is 2.15. The number of rotatable bonds is 3. The van der Waals surface area contributed by atoms with Crippen LogP contribution in [0.25, 0.3) is 0 Å². The van der Waals surface area contributed by atoms with E-state index in [1.54, 1.807) is 14.0 Å². The summed E-state index contributed by atoms with van der Waals surface area (Å²) in [4.78, 5) is 26.6. The molecular weight excluding hydrogens is 182 g/mol. The lowest BCUT2D eigenvalue weighted by atomic mass is 10.0. The van der Waals surface area contributed by atoms with E-state index in [4.69, 9.17) is 0 Å². The second-order valence-electron chi connectivity index (χ2n) is 3.08. The maximum absolute atomic E-state index is 11.7. The normalized spacial score (nSPS) is 12.2. The maximum Gasteiger partial charge on any atom is 0.275 e. The Kier molecular flexibility index (Phi) is 3.01. The fraction of sp³-hybridized carbons (Fsp3) is 0.444. The molecule has 1 aromatic rings. The van der Waals surface area contributed by atoms with Crippen molar-refractivity contribution in [2.45, 2.75) is 19.8 Å². The SMILES string of the molecule is CNn1cncc(C(C)C(C)=O)c1=O. The quantitative estimate of drug-likeness (QED) is 0.743. The zero-order valence-electron chi connectivity index (χ0n) is 8.44. The highest BCUT2D eigenvalue weighted by molar-refractivity contribution is 5.82. The summed E-state index contributed by atoms with van der Waals surface area (Å²) >= 11 is 0. The molecular formula is C9H13N3O2. The topological polar surface area (TPSA) is 64.0 Å². The predicted octanol–water partition coefficient (Wildman–Crippen LogP) is 0.109. The highest BCUT2D eigenvalue weighted by atomic mass is 16.1. The average molecular weight is 195 g/mol. The number of carbonyl (C=O) groups excluding carboxylic acids is 1. The minimum Gasteiger partial charge on any atom is -0.325 e. The van der Waals surface area contributed by atoms with Gasteiger partial charge in [-0.3, -0.25) is 9.59 Å². The first kappa shape index (κ1) is 10.4.